The van der Waals surface area contributed by atoms with E-state index in [1.165, 1.54) is 0 Å². The number of Topliss-reactive ketones (excluding diaryl/α,β-unsaturated/α-hetero) is 1. The predicted molar refractivity (Wildman–Crippen MR) is 132 cm³/mol. The van der Waals surface area contributed by atoms with Gasteiger partial charge in [0, 0.05) is 23.1 Å². The second-order valence-corrected chi connectivity index (χ2v) is 9.22. The van der Waals surface area contributed by atoms with E-state index in [4.69, 9.17) is 4.74 Å². The minimum atomic E-state index is -1.36. The molecule has 0 aliphatic rings. The summed E-state index contributed by atoms with van der Waals surface area (Å²) >= 11 is 0. The zero-order valence-corrected chi connectivity index (χ0v) is 20.4. The summed E-state index contributed by atoms with van der Waals surface area (Å²) < 4.78 is 19.8. The van der Waals surface area contributed by atoms with Gasteiger partial charge in [0.05, 0.1) is 23.6 Å². The quantitative estimate of drug-likeness (QED) is 0.431. The Morgan fingerprint density at radius 2 is 1.43 bits per heavy atom. The first-order valence-electron chi connectivity index (χ1n) is 11.7. The molecule has 0 aliphatic heterocycles. The molecule has 0 aliphatic carbocycles. The third-order valence-electron chi connectivity index (χ3n) is 5.94. The van der Waals surface area contributed by atoms with E-state index in [-0.39, 0.29) is 18.2 Å². The highest BCUT2D eigenvalue weighted by Gasteiger charge is 2.32. The van der Waals surface area contributed by atoms with Gasteiger partial charge in [0.1, 0.15) is 12.7 Å². The standard InChI is InChI=1S/C27H31FN2O5/c1-16(2)20(27(34)29-21(24(31)15-28)14-26(33)35-17(3)4)13-25(32)30-22-11-7-5-9-18(22)19-10-6-8-12-23(19)30/h5-12,16-17,20-21H,13-15H2,1-4H3,(H,29,34). The molecule has 1 heterocycles. The second-order valence-electron chi connectivity index (χ2n) is 9.22. The van der Waals surface area contributed by atoms with Crippen LogP contribution in [-0.2, 0) is 19.1 Å². The normalized spacial score (nSPS) is 13.2. The number of rotatable bonds is 10. The summed E-state index contributed by atoms with van der Waals surface area (Å²) in [5, 5.41) is 4.35. The van der Waals surface area contributed by atoms with Crippen LogP contribution in [0, 0.1) is 11.8 Å². The van der Waals surface area contributed by atoms with Crippen LogP contribution in [0.5, 0.6) is 0 Å². The van der Waals surface area contributed by atoms with Crippen LogP contribution < -0.4 is 5.32 Å². The van der Waals surface area contributed by atoms with Crippen molar-refractivity contribution in [3.8, 4) is 0 Å². The number of ether oxygens (including phenoxy) is 1. The summed E-state index contributed by atoms with van der Waals surface area (Å²) in [6.07, 6.45) is -1.01. The molecule has 3 aromatic rings. The number of fused-ring (bicyclic) bond motifs is 3. The van der Waals surface area contributed by atoms with Crippen molar-refractivity contribution in [2.24, 2.45) is 11.8 Å². The number of nitrogens with one attached hydrogen (secondary N) is 1. The number of hydrogen-bond donors (Lipinski definition) is 1. The summed E-state index contributed by atoms with van der Waals surface area (Å²) in [6, 6.07) is 13.7. The van der Waals surface area contributed by atoms with Gasteiger partial charge in [-0.1, -0.05) is 50.2 Å². The molecular formula is C27H31FN2O5. The Labute approximate surface area is 203 Å². The van der Waals surface area contributed by atoms with Crippen molar-refractivity contribution >= 4 is 45.4 Å². The highest BCUT2D eigenvalue weighted by atomic mass is 19.1. The van der Waals surface area contributed by atoms with E-state index >= 15 is 0 Å². The van der Waals surface area contributed by atoms with E-state index in [1.54, 1.807) is 32.3 Å². The average molecular weight is 483 g/mol. The van der Waals surface area contributed by atoms with Crippen molar-refractivity contribution in [3.05, 3.63) is 48.5 Å². The van der Waals surface area contributed by atoms with Crippen LogP contribution in [0.3, 0.4) is 0 Å². The van der Waals surface area contributed by atoms with Crippen molar-refractivity contribution in [3.63, 3.8) is 0 Å². The number of halogens is 1. The molecule has 0 fully saturated rings. The number of carbonyl (C=O) groups is 4. The van der Waals surface area contributed by atoms with Gasteiger partial charge in [-0.25, -0.2) is 4.39 Å². The van der Waals surface area contributed by atoms with E-state index in [1.807, 2.05) is 48.5 Å². The van der Waals surface area contributed by atoms with Crippen LogP contribution in [-0.4, -0.2) is 47.0 Å². The first kappa shape index (κ1) is 26.1. The number of hydrogen-bond acceptors (Lipinski definition) is 5. The lowest BCUT2D eigenvalue weighted by Gasteiger charge is -2.23. The molecule has 1 aromatic heterocycles. The molecule has 2 atom stereocenters. The summed E-state index contributed by atoms with van der Waals surface area (Å²) in [6.45, 7) is 5.56. The smallest absolute Gasteiger partial charge is 0.308 e. The van der Waals surface area contributed by atoms with Crippen molar-refractivity contribution in [2.75, 3.05) is 6.67 Å². The summed E-state index contributed by atoms with van der Waals surface area (Å²) in [4.78, 5) is 50.8. The van der Waals surface area contributed by atoms with E-state index in [2.05, 4.69) is 5.32 Å². The number of carbonyl (C=O) groups excluding carboxylic acids is 4. The first-order valence-corrected chi connectivity index (χ1v) is 11.7. The number of esters is 1. The average Bonchev–Trinajstić information content (AvgIpc) is 3.15. The number of aromatic nitrogens is 1. The van der Waals surface area contributed by atoms with Gasteiger partial charge in [-0.05, 0) is 31.9 Å². The first-order chi connectivity index (χ1) is 16.6. The Kier molecular flexibility index (Phi) is 8.38. The van der Waals surface area contributed by atoms with Crippen molar-refractivity contribution in [1.82, 2.24) is 9.88 Å². The number of benzene rings is 2. The Balaban J connectivity index is 1.86. The maximum absolute atomic E-state index is 13.5. The maximum Gasteiger partial charge on any atom is 0.308 e. The fourth-order valence-electron chi connectivity index (χ4n) is 4.20. The molecule has 1 amide bonds. The molecule has 2 unspecified atom stereocenters. The molecule has 8 heteroatoms. The molecule has 0 saturated heterocycles. The van der Waals surface area contributed by atoms with E-state index < -0.39 is 48.8 Å². The van der Waals surface area contributed by atoms with E-state index in [0.29, 0.717) is 0 Å². The van der Waals surface area contributed by atoms with Gasteiger partial charge in [0.2, 0.25) is 11.8 Å². The van der Waals surface area contributed by atoms with Crippen LogP contribution >= 0.6 is 0 Å². The van der Waals surface area contributed by atoms with Gasteiger partial charge in [-0.15, -0.1) is 0 Å². The third-order valence-corrected chi connectivity index (χ3v) is 5.94. The van der Waals surface area contributed by atoms with Crippen LogP contribution in [0.1, 0.15) is 45.3 Å². The Hall–Kier alpha value is -3.55. The third kappa shape index (κ3) is 5.93. The highest BCUT2D eigenvalue weighted by molar-refractivity contribution is 6.13. The Bertz CT molecular complexity index is 1190. The molecule has 1 N–H and O–H groups in total. The van der Waals surface area contributed by atoms with Crippen LogP contribution in [0.25, 0.3) is 21.8 Å². The van der Waals surface area contributed by atoms with Crippen LogP contribution in [0.4, 0.5) is 4.39 Å². The van der Waals surface area contributed by atoms with Gasteiger partial charge in [0.25, 0.3) is 0 Å². The van der Waals surface area contributed by atoms with Gasteiger partial charge in [-0.2, -0.15) is 0 Å². The number of alkyl halides is 1. The highest BCUT2D eigenvalue weighted by Crippen LogP contribution is 2.30. The minimum Gasteiger partial charge on any atom is -0.463 e. The number of amides is 1. The minimum absolute atomic E-state index is 0.126. The zero-order valence-electron chi connectivity index (χ0n) is 20.4. The zero-order chi connectivity index (χ0) is 25.7. The van der Waals surface area contributed by atoms with E-state index in [9.17, 15) is 23.6 Å². The topological polar surface area (TPSA) is 94.5 Å². The van der Waals surface area contributed by atoms with Crippen LogP contribution in [0.15, 0.2) is 48.5 Å². The number of ketones is 1. The molecule has 7 nitrogen and oxygen atoms in total. The fourth-order valence-corrected chi connectivity index (χ4v) is 4.20. The Morgan fingerprint density at radius 1 is 0.886 bits per heavy atom. The van der Waals surface area contributed by atoms with E-state index in [0.717, 1.165) is 21.8 Å². The van der Waals surface area contributed by atoms with Gasteiger partial charge in [0.15, 0.2) is 5.78 Å². The van der Waals surface area contributed by atoms with Crippen molar-refractivity contribution in [1.29, 1.82) is 0 Å². The molecule has 0 bridgehead atoms. The van der Waals surface area contributed by atoms with Gasteiger partial charge >= 0.3 is 5.97 Å². The molecular weight excluding hydrogens is 451 g/mol. The molecule has 186 valence electrons. The van der Waals surface area contributed by atoms with Gasteiger partial charge in [-0.3, -0.25) is 23.7 Å². The number of nitrogens with zero attached hydrogens (tertiary/aromatic N) is 1. The molecule has 0 saturated carbocycles. The largest absolute Gasteiger partial charge is 0.463 e. The molecule has 3 rings (SSSR count). The molecule has 0 spiro atoms. The number of para-hydroxylation sites is 2. The molecule has 0 radical (unpaired) electrons. The summed E-state index contributed by atoms with van der Waals surface area (Å²) in [7, 11) is 0. The predicted octanol–water partition coefficient (Wildman–Crippen LogP) is 4.46. The second kappa shape index (κ2) is 11.3. The summed E-state index contributed by atoms with van der Waals surface area (Å²) in [5.41, 5.74) is 1.48. The lowest BCUT2D eigenvalue weighted by molar-refractivity contribution is -0.149. The van der Waals surface area contributed by atoms with Gasteiger partial charge < -0.3 is 10.1 Å². The molecule has 2 aromatic carbocycles. The lowest BCUT2D eigenvalue weighted by Crippen LogP contribution is -2.47. The maximum atomic E-state index is 13.5. The van der Waals surface area contributed by atoms with Crippen molar-refractivity contribution < 1.29 is 28.3 Å². The SMILES string of the molecule is CC(C)OC(=O)CC(NC(=O)C(CC(=O)n1c2ccccc2c2ccccc21)C(C)C)C(=O)CF. The monoisotopic (exact) mass is 482 g/mol. The molecule has 35 heavy (non-hydrogen) atoms. The lowest BCUT2D eigenvalue weighted by atomic mass is 9.90. The van der Waals surface area contributed by atoms with Crippen molar-refractivity contribution in [2.45, 2.75) is 52.7 Å². The fraction of sp³-hybridized carbons (Fsp3) is 0.407. The summed E-state index contributed by atoms with van der Waals surface area (Å²) in [5.74, 6) is -3.54. The van der Waals surface area contributed by atoms with Crippen LogP contribution in [0.2, 0.25) is 0 Å². The Morgan fingerprint density at radius 3 is 1.91 bits per heavy atom.